The van der Waals surface area contributed by atoms with Gasteiger partial charge in [0.15, 0.2) is 0 Å². The van der Waals surface area contributed by atoms with Crippen molar-refractivity contribution < 1.29 is 4.74 Å². The van der Waals surface area contributed by atoms with Gasteiger partial charge < -0.3 is 10.5 Å². The molecule has 0 aliphatic heterocycles. The Morgan fingerprint density at radius 2 is 1.81 bits per heavy atom. The summed E-state index contributed by atoms with van der Waals surface area (Å²) < 4.78 is 6.06. The van der Waals surface area contributed by atoms with Gasteiger partial charge in [0.2, 0.25) is 0 Å². The van der Waals surface area contributed by atoms with Gasteiger partial charge in [0, 0.05) is 30.1 Å². The Morgan fingerprint density at radius 1 is 1.10 bits per heavy atom. The average molecular weight is 284 g/mol. The summed E-state index contributed by atoms with van der Waals surface area (Å²) >= 11 is 0. The van der Waals surface area contributed by atoms with Crippen molar-refractivity contribution in [2.24, 2.45) is 5.73 Å². The van der Waals surface area contributed by atoms with Crippen LogP contribution < -0.4 is 10.5 Å². The molecule has 0 amide bonds. The van der Waals surface area contributed by atoms with Crippen molar-refractivity contribution in [2.75, 3.05) is 0 Å². The predicted octanol–water partition coefficient (Wildman–Crippen LogP) is 4.25. The first-order valence-electron chi connectivity index (χ1n) is 7.26. The summed E-state index contributed by atoms with van der Waals surface area (Å²) in [7, 11) is 0. The second-order valence-electron chi connectivity index (χ2n) is 6.47. The van der Waals surface area contributed by atoms with Gasteiger partial charge in [-0.1, -0.05) is 32.9 Å². The molecule has 0 fully saturated rings. The maximum absolute atomic E-state index is 6.06. The summed E-state index contributed by atoms with van der Waals surface area (Å²) in [5.41, 5.74) is 10.2. The van der Waals surface area contributed by atoms with E-state index in [9.17, 15) is 0 Å². The molecular formula is C18H24N2O. The molecule has 112 valence electrons. The molecule has 2 aromatic rings. The van der Waals surface area contributed by atoms with Crippen LogP contribution in [0.4, 0.5) is 0 Å². The standard InChI is InChI=1S/C18H24N2O/c1-12-8-15(18(3,4)5)6-7-16(12)21-17-9-13(2)20-11-14(17)10-19/h6-9,11H,10,19H2,1-5H3. The lowest BCUT2D eigenvalue weighted by atomic mass is 9.86. The Hall–Kier alpha value is -1.87. The van der Waals surface area contributed by atoms with E-state index in [2.05, 4.69) is 44.8 Å². The van der Waals surface area contributed by atoms with E-state index in [0.717, 1.165) is 28.3 Å². The highest BCUT2D eigenvalue weighted by Gasteiger charge is 2.15. The number of benzene rings is 1. The molecule has 0 atom stereocenters. The Kier molecular flexibility index (Phi) is 4.33. The SMILES string of the molecule is Cc1cc(Oc2ccc(C(C)(C)C)cc2C)c(CN)cn1. The van der Waals surface area contributed by atoms with Crippen LogP contribution in [0.25, 0.3) is 0 Å². The van der Waals surface area contributed by atoms with Crippen LogP contribution in [0.15, 0.2) is 30.5 Å². The molecule has 0 spiro atoms. The Labute approximate surface area is 127 Å². The van der Waals surface area contributed by atoms with E-state index in [-0.39, 0.29) is 5.41 Å². The van der Waals surface area contributed by atoms with Gasteiger partial charge >= 0.3 is 0 Å². The number of hydrogen-bond acceptors (Lipinski definition) is 3. The fourth-order valence-electron chi connectivity index (χ4n) is 2.16. The average Bonchev–Trinajstić information content (AvgIpc) is 2.40. The number of rotatable bonds is 3. The summed E-state index contributed by atoms with van der Waals surface area (Å²) in [6.45, 7) is 11.1. The molecule has 1 aromatic heterocycles. The number of nitrogens with two attached hydrogens (primary N) is 1. The number of aromatic nitrogens is 1. The molecule has 3 nitrogen and oxygen atoms in total. The van der Waals surface area contributed by atoms with E-state index in [4.69, 9.17) is 10.5 Å². The van der Waals surface area contributed by atoms with Gasteiger partial charge in [-0.2, -0.15) is 0 Å². The van der Waals surface area contributed by atoms with Crippen LogP contribution in [-0.2, 0) is 12.0 Å². The van der Waals surface area contributed by atoms with E-state index in [0.29, 0.717) is 6.54 Å². The number of hydrogen-bond donors (Lipinski definition) is 1. The van der Waals surface area contributed by atoms with Crippen LogP contribution in [0.1, 0.15) is 43.2 Å². The smallest absolute Gasteiger partial charge is 0.135 e. The zero-order valence-corrected chi connectivity index (χ0v) is 13.5. The van der Waals surface area contributed by atoms with E-state index in [1.807, 2.05) is 19.1 Å². The molecule has 0 saturated heterocycles. The van der Waals surface area contributed by atoms with Crippen LogP contribution in [0.2, 0.25) is 0 Å². The summed E-state index contributed by atoms with van der Waals surface area (Å²) in [6, 6.07) is 8.27. The third-order valence-corrected chi connectivity index (χ3v) is 3.56. The molecule has 2 rings (SSSR count). The summed E-state index contributed by atoms with van der Waals surface area (Å²) in [6.07, 6.45) is 1.78. The third-order valence-electron chi connectivity index (χ3n) is 3.56. The second kappa shape index (κ2) is 5.86. The van der Waals surface area contributed by atoms with Crippen molar-refractivity contribution in [1.29, 1.82) is 0 Å². The second-order valence-corrected chi connectivity index (χ2v) is 6.47. The largest absolute Gasteiger partial charge is 0.457 e. The van der Waals surface area contributed by atoms with Gasteiger partial charge in [-0.25, -0.2) is 0 Å². The summed E-state index contributed by atoms with van der Waals surface area (Å²) in [5.74, 6) is 1.65. The van der Waals surface area contributed by atoms with Crippen LogP contribution >= 0.6 is 0 Å². The van der Waals surface area contributed by atoms with Gasteiger partial charge in [0.25, 0.3) is 0 Å². The van der Waals surface area contributed by atoms with Gasteiger partial charge in [-0.3, -0.25) is 4.98 Å². The van der Waals surface area contributed by atoms with Crippen molar-refractivity contribution in [3.63, 3.8) is 0 Å². The van der Waals surface area contributed by atoms with Crippen LogP contribution in [0.3, 0.4) is 0 Å². The van der Waals surface area contributed by atoms with Crippen LogP contribution in [0.5, 0.6) is 11.5 Å². The molecule has 3 heteroatoms. The molecule has 0 saturated carbocycles. The zero-order chi connectivity index (χ0) is 15.6. The minimum atomic E-state index is 0.138. The maximum atomic E-state index is 6.06. The van der Waals surface area contributed by atoms with Gasteiger partial charge in [0.1, 0.15) is 11.5 Å². The monoisotopic (exact) mass is 284 g/mol. The van der Waals surface area contributed by atoms with Crippen LogP contribution in [-0.4, -0.2) is 4.98 Å². The molecule has 21 heavy (non-hydrogen) atoms. The first kappa shape index (κ1) is 15.5. The lowest BCUT2D eigenvalue weighted by molar-refractivity contribution is 0.470. The molecule has 0 unspecified atom stereocenters. The van der Waals surface area contributed by atoms with Crippen molar-refractivity contribution in [2.45, 2.75) is 46.6 Å². The summed E-state index contributed by atoms with van der Waals surface area (Å²) in [4.78, 5) is 4.26. The van der Waals surface area contributed by atoms with E-state index < -0.39 is 0 Å². The van der Waals surface area contributed by atoms with Crippen molar-refractivity contribution in [3.05, 3.63) is 52.8 Å². The molecular weight excluding hydrogens is 260 g/mol. The molecule has 0 radical (unpaired) electrons. The van der Waals surface area contributed by atoms with Crippen molar-refractivity contribution in [3.8, 4) is 11.5 Å². The van der Waals surface area contributed by atoms with Crippen molar-refractivity contribution in [1.82, 2.24) is 4.98 Å². The van der Waals surface area contributed by atoms with Gasteiger partial charge in [0.05, 0.1) is 0 Å². The Morgan fingerprint density at radius 3 is 2.38 bits per heavy atom. The highest BCUT2D eigenvalue weighted by atomic mass is 16.5. The van der Waals surface area contributed by atoms with E-state index >= 15 is 0 Å². The van der Waals surface area contributed by atoms with E-state index in [1.165, 1.54) is 5.56 Å². The number of pyridine rings is 1. The lowest BCUT2D eigenvalue weighted by Gasteiger charge is -2.21. The molecule has 0 aliphatic rings. The number of nitrogens with zero attached hydrogens (tertiary/aromatic N) is 1. The molecule has 2 N–H and O–H groups in total. The van der Waals surface area contributed by atoms with Crippen molar-refractivity contribution >= 4 is 0 Å². The highest BCUT2D eigenvalue weighted by Crippen LogP contribution is 2.31. The lowest BCUT2D eigenvalue weighted by Crippen LogP contribution is -2.11. The topological polar surface area (TPSA) is 48.1 Å². The molecule has 0 aliphatic carbocycles. The number of aryl methyl sites for hydroxylation is 2. The molecule has 0 bridgehead atoms. The zero-order valence-electron chi connectivity index (χ0n) is 13.5. The minimum Gasteiger partial charge on any atom is -0.457 e. The van der Waals surface area contributed by atoms with Gasteiger partial charge in [-0.15, -0.1) is 0 Å². The Balaban J connectivity index is 2.34. The molecule has 1 aromatic carbocycles. The fourth-order valence-corrected chi connectivity index (χ4v) is 2.16. The van der Waals surface area contributed by atoms with Gasteiger partial charge in [-0.05, 0) is 36.5 Å². The predicted molar refractivity (Wildman–Crippen MR) is 86.8 cm³/mol. The van der Waals surface area contributed by atoms with Crippen LogP contribution in [0, 0.1) is 13.8 Å². The quantitative estimate of drug-likeness (QED) is 0.916. The van der Waals surface area contributed by atoms with E-state index in [1.54, 1.807) is 6.20 Å². The third kappa shape index (κ3) is 3.61. The first-order valence-corrected chi connectivity index (χ1v) is 7.26. The maximum Gasteiger partial charge on any atom is 0.135 e. The number of ether oxygens (including phenoxy) is 1. The minimum absolute atomic E-state index is 0.138. The normalized spacial score (nSPS) is 11.5. The highest BCUT2D eigenvalue weighted by molar-refractivity contribution is 5.43. The molecule has 1 heterocycles. The Bertz CT molecular complexity index is 642. The fraction of sp³-hybridized carbons (Fsp3) is 0.389. The first-order chi connectivity index (χ1) is 9.81. The summed E-state index contributed by atoms with van der Waals surface area (Å²) in [5, 5.41) is 0.